The van der Waals surface area contributed by atoms with Crippen LogP contribution >= 0.6 is 15.9 Å². The zero-order valence-corrected chi connectivity index (χ0v) is 13.2. The van der Waals surface area contributed by atoms with Crippen LogP contribution in [-0.4, -0.2) is 12.6 Å². The maximum absolute atomic E-state index is 13.2. The quantitative estimate of drug-likeness (QED) is 0.730. The summed E-state index contributed by atoms with van der Waals surface area (Å²) in [6.45, 7) is 3.33. The lowest BCUT2D eigenvalue weighted by atomic mass is 10.0. The van der Waals surface area contributed by atoms with Crippen LogP contribution in [0.3, 0.4) is 0 Å². The van der Waals surface area contributed by atoms with Gasteiger partial charge in [0.15, 0.2) is 0 Å². The van der Waals surface area contributed by atoms with Crippen molar-refractivity contribution in [2.45, 2.75) is 51.5 Å². The molecule has 0 aliphatic heterocycles. The lowest BCUT2D eigenvalue weighted by Crippen LogP contribution is -2.31. The number of rotatable bonds is 8. The molecule has 1 aromatic carbocycles. The maximum atomic E-state index is 13.2. The summed E-state index contributed by atoms with van der Waals surface area (Å²) in [4.78, 5) is 0. The van der Waals surface area contributed by atoms with Gasteiger partial charge in [-0.05, 0) is 74.8 Å². The molecule has 19 heavy (non-hydrogen) atoms. The Kier molecular flexibility index (Phi) is 5.83. The van der Waals surface area contributed by atoms with Gasteiger partial charge in [0.1, 0.15) is 5.82 Å². The largest absolute Gasteiger partial charge is 0.314 e. The molecule has 1 atom stereocenters. The molecule has 1 aliphatic rings. The molecule has 106 valence electrons. The monoisotopic (exact) mass is 327 g/mol. The van der Waals surface area contributed by atoms with Crippen LogP contribution in [0.5, 0.6) is 0 Å². The first-order valence-electron chi connectivity index (χ1n) is 7.38. The number of hydrogen-bond acceptors (Lipinski definition) is 1. The molecule has 0 saturated heterocycles. The highest BCUT2D eigenvalue weighted by Crippen LogP contribution is 2.34. The fourth-order valence-electron chi connectivity index (χ4n) is 2.58. The van der Waals surface area contributed by atoms with Crippen molar-refractivity contribution in [1.82, 2.24) is 5.32 Å². The smallest absolute Gasteiger partial charge is 0.123 e. The first kappa shape index (κ1) is 15.0. The highest BCUT2D eigenvalue weighted by Gasteiger charge is 2.30. The molecule has 0 amide bonds. The average Bonchev–Trinajstić information content (AvgIpc) is 3.22. The topological polar surface area (TPSA) is 12.0 Å². The van der Waals surface area contributed by atoms with E-state index >= 15 is 0 Å². The molecule has 0 aromatic heterocycles. The van der Waals surface area contributed by atoms with Crippen LogP contribution in [0.25, 0.3) is 0 Å². The van der Waals surface area contributed by atoms with E-state index in [4.69, 9.17) is 0 Å². The summed E-state index contributed by atoms with van der Waals surface area (Å²) in [7, 11) is 0. The standard InChI is InChI=1S/C16H23BrFN/c1-2-10-19-16(12-6-7-12)5-3-4-13-11-14(18)8-9-15(13)17/h8-9,11-12,16,19H,2-7,10H2,1H3. The van der Waals surface area contributed by atoms with Gasteiger partial charge < -0.3 is 5.32 Å². The molecule has 1 unspecified atom stereocenters. The van der Waals surface area contributed by atoms with Gasteiger partial charge in [-0.15, -0.1) is 0 Å². The fraction of sp³-hybridized carbons (Fsp3) is 0.625. The van der Waals surface area contributed by atoms with E-state index in [1.807, 2.05) is 0 Å². The van der Waals surface area contributed by atoms with Crippen molar-refractivity contribution in [1.29, 1.82) is 0 Å². The van der Waals surface area contributed by atoms with E-state index in [1.54, 1.807) is 12.1 Å². The summed E-state index contributed by atoms with van der Waals surface area (Å²) >= 11 is 3.50. The molecule has 2 rings (SSSR count). The van der Waals surface area contributed by atoms with Crippen LogP contribution < -0.4 is 5.32 Å². The third-order valence-corrected chi connectivity index (χ3v) is 4.59. The van der Waals surface area contributed by atoms with Gasteiger partial charge in [-0.2, -0.15) is 0 Å². The normalized spacial score (nSPS) is 16.6. The van der Waals surface area contributed by atoms with E-state index < -0.39 is 0 Å². The number of halogens is 2. The molecule has 3 heteroatoms. The second kappa shape index (κ2) is 7.39. The minimum atomic E-state index is -0.138. The van der Waals surface area contributed by atoms with Crippen molar-refractivity contribution in [2.24, 2.45) is 5.92 Å². The van der Waals surface area contributed by atoms with E-state index in [0.717, 1.165) is 35.3 Å². The second-order valence-electron chi connectivity index (χ2n) is 5.53. The van der Waals surface area contributed by atoms with Crippen LogP contribution in [0.2, 0.25) is 0 Å². The van der Waals surface area contributed by atoms with Crippen molar-refractivity contribution >= 4 is 15.9 Å². The van der Waals surface area contributed by atoms with Gasteiger partial charge in [0, 0.05) is 10.5 Å². The van der Waals surface area contributed by atoms with E-state index in [0.29, 0.717) is 6.04 Å². The van der Waals surface area contributed by atoms with Crippen molar-refractivity contribution in [3.8, 4) is 0 Å². The minimum Gasteiger partial charge on any atom is -0.314 e. The fourth-order valence-corrected chi connectivity index (χ4v) is 3.02. The molecule has 1 aromatic rings. The summed E-state index contributed by atoms with van der Waals surface area (Å²) in [5, 5.41) is 3.66. The lowest BCUT2D eigenvalue weighted by Gasteiger charge is -2.18. The van der Waals surface area contributed by atoms with Crippen LogP contribution in [0.4, 0.5) is 4.39 Å². The van der Waals surface area contributed by atoms with Crippen molar-refractivity contribution in [3.63, 3.8) is 0 Å². The Hall–Kier alpha value is -0.410. The second-order valence-corrected chi connectivity index (χ2v) is 6.38. The van der Waals surface area contributed by atoms with E-state index in [2.05, 4.69) is 28.2 Å². The number of benzene rings is 1. The maximum Gasteiger partial charge on any atom is 0.123 e. The summed E-state index contributed by atoms with van der Waals surface area (Å²) in [6, 6.07) is 5.63. The van der Waals surface area contributed by atoms with E-state index in [9.17, 15) is 4.39 Å². The van der Waals surface area contributed by atoms with Gasteiger partial charge >= 0.3 is 0 Å². The van der Waals surface area contributed by atoms with Crippen LogP contribution in [0, 0.1) is 11.7 Å². The Balaban J connectivity index is 1.79. The molecule has 1 aliphatic carbocycles. The van der Waals surface area contributed by atoms with E-state index in [1.165, 1.54) is 31.7 Å². The Morgan fingerprint density at radius 1 is 1.42 bits per heavy atom. The molecule has 1 saturated carbocycles. The van der Waals surface area contributed by atoms with Gasteiger partial charge in [-0.3, -0.25) is 0 Å². The minimum absolute atomic E-state index is 0.138. The van der Waals surface area contributed by atoms with Crippen LogP contribution in [0.1, 0.15) is 44.6 Å². The molecule has 0 bridgehead atoms. The predicted molar refractivity (Wildman–Crippen MR) is 81.8 cm³/mol. The summed E-state index contributed by atoms with van der Waals surface area (Å²) in [5.41, 5.74) is 1.09. The van der Waals surface area contributed by atoms with Gasteiger partial charge in [0.2, 0.25) is 0 Å². The Morgan fingerprint density at radius 2 is 2.21 bits per heavy atom. The van der Waals surface area contributed by atoms with Crippen molar-refractivity contribution in [2.75, 3.05) is 6.54 Å². The van der Waals surface area contributed by atoms with Crippen molar-refractivity contribution in [3.05, 3.63) is 34.1 Å². The molecule has 0 heterocycles. The summed E-state index contributed by atoms with van der Waals surface area (Å²) in [5.74, 6) is 0.753. The number of aryl methyl sites for hydroxylation is 1. The highest BCUT2D eigenvalue weighted by molar-refractivity contribution is 9.10. The van der Waals surface area contributed by atoms with Gasteiger partial charge in [-0.1, -0.05) is 22.9 Å². The average molecular weight is 328 g/mol. The van der Waals surface area contributed by atoms with Gasteiger partial charge in [0.25, 0.3) is 0 Å². The highest BCUT2D eigenvalue weighted by atomic mass is 79.9. The molecule has 1 N–H and O–H groups in total. The molecular weight excluding hydrogens is 305 g/mol. The first-order valence-corrected chi connectivity index (χ1v) is 8.17. The SMILES string of the molecule is CCCNC(CCCc1cc(F)ccc1Br)C1CC1. The third-order valence-electron chi connectivity index (χ3n) is 3.82. The summed E-state index contributed by atoms with van der Waals surface area (Å²) < 4.78 is 14.2. The Bertz CT molecular complexity index is 404. The molecule has 0 radical (unpaired) electrons. The van der Waals surface area contributed by atoms with Gasteiger partial charge in [0.05, 0.1) is 0 Å². The van der Waals surface area contributed by atoms with Crippen LogP contribution in [0.15, 0.2) is 22.7 Å². The Morgan fingerprint density at radius 3 is 2.89 bits per heavy atom. The number of nitrogens with one attached hydrogen (secondary N) is 1. The molecule has 0 spiro atoms. The number of hydrogen-bond donors (Lipinski definition) is 1. The van der Waals surface area contributed by atoms with Crippen molar-refractivity contribution < 1.29 is 4.39 Å². The third kappa shape index (κ3) is 4.88. The molecule has 1 nitrogen and oxygen atoms in total. The molecule has 1 fully saturated rings. The predicted octanol–water partition coefficient (Wildman–Crippen LogP) is 4.69. The van der Waals surface area contributed by atoms with Gasteiger partial charge in [-0.25, -0.2) is 4.39 Å². The molecular formula is C16H23BrFN. The zero-order chi connectivity index (χ0) is 13.7. The lowest BCUT2D eigenvalue weighted by molar-refractivity contribution is 0.424. The Labute approximate surface area is 124 Å². The van der Waals surface area contributed by atoms with Crippen LogP contribution in [-0.2, 0) is 6.42 Å². The zero-order valence-electron chi connectivity index (χ0n) is 11.6. The first-order chi connectivity index (χ1) is 9.20. The summed E-state index contributed by atoms with van der Waals surface area (Å²) in [6.07, 6.45) is 7.23. The van der Waals surface area contributed by atoms with E-state index in [-0.39, 0.29) is 5.82 Å².